The molecule has 1 aromatic rings. The normalized spacial score (nSPS) is 13.4. The summed E-state index contributed by atoms with van der Waals surface area (Å²) >= 11 is 0. The Bertz CT molecular complexity index is 459. The zero-order chi connectivity index (χ0) is 21.7. The van der Waals surface area contributed by atoms with Gasteiger partial charge in [0.05, 0.1) is 6.61 Å². The quantitative estimate of drug-likeness (QED) is 0.146. The third-order valence-corrected chi connectivity index (χ3v) is 6.12. The van der Waals surface area contributed by atoms with Crippen LogP contribution in [-0.2, 0) is 16.1 Å². The Morgan fingerprint density at radius 3 is 1.87 bits per heavy atom. The Morgan fingerprint density at radius 2 is 1.23 bits per heavy atom. The summed E-state index contributed by atoms with van der Waals surface area (Å²) in [4.78, 5) is 0. The van der Waals surface area contributed by atoms with Gasteiger partial charge >= 0.3 is 0 Å². The van der Waals surface area contributed by atoms with E-state index in [1.807, 2.05) is 18.2 Å². The van der Waals surface area contributed by atoms with Crippen molar-refractivity contribution in [3.63, 3.8) is 0 Å². The Morgan fingerprint density at radius 1 is 0.667 bits per heavy atom. The fraction of sp³-hybridized carbons (Fsp3) is 0.786. The lowest BCUT2D eigenvalue weighted by molar-refractivity contribution is -0.0628. The van der Waals surface area contributed by atoms with Crippen LogP contribution in [0.2, 0.25) is 0 Å². The van der Waals surface area contributed by atoms with Crippen molar-refractivity contribution in [1.82, 2.24) is 0 Å². The molecule has 2 unspecified atom stereocenters. The van der Waals surface area contributed by atoms with E-state index in [1.54, 1.807) is 0 Å². The number of rotatable bonds is 21. The molecule has 0 saturated heterocycles. The SMILES string of the molecule is CCCCCCCCCCCCC(C)CC(C)CCCOCOCc1ccccc1. The van der Waals surface area contributed by atoms with Crippen molar-refractivity contribution < 1.29 is 9.47 Å². The highest BCUT2D eigenvalue weighted by Gasteiger charge is 2.09. The minimum absolute atomic E-state index is 0.401. The van der Waals surface area contributed by atoms with Gasteiger partial charge in [-0.15, -0.1) is 0 Å². The zero-order valence-corrected chi connectivity index (χ0v) is 20.4. The Balaban J connectivity index is 1.84. The fourth-order valence-electron chi connectivity index (χ4n) is 4.29. The molecule has 0 amide bonds. The summed E-state index contributed by atoms with van der Waals surface area (Å²) in [7, 11) is 0. The molecule has 0 radical (unpaired) electrons. The van der Waals surface area contributed by atoms with Crippen molar-refractivity contribution in [3.05, 3.63) is 35.9 Å². The lowest BCUT2D eigenvalue weighted by Crippen LogP contribution is -2.06. The van der Waals surface area contributed by atoms with Gasteiger partial charge in [-0.1, -0.05) is 122 Å². The van der Waals surface area contributed by atoms with E-state index in [4.69, 9.17) is 9.47 Å². The van der Waals surface area contributed by atoms with Gasteiger partial charge in [-0.2, -0.15) is 0 Å². The van der Waals surface area contributed by atoms with E-state index >= 15 is 0 Å². The van der Waals surface area contributed by atoms with Gasteiger partial charge in [-0.05, 0) is 36.7 Å². The van der Waals surface area contributed by atoms with Crippen LogP contribution in [-0.4, -0.2) is 13.4 Å². The molecule has 2 nitrogen and oxygen atoms in total. The first-order valence-corrected chi connectivity index (χ1v) is 12.9. The second kappa shape index (κ2) is 20.1. The predicted molar refractivity (Wildman–Crippen MR) is 131 cm³/mol. The van der Waals surface area contributed by atoms with Crippen LogP contribution in [0, 0.1) is 11.8 Å². The van der Waals surface area contributed by atoms with E-state index in [0.717, 1.165) is 24.9 Å². The number of hydrogen-bond donors (Lipinski definition) is 0. The second-order valence-electron chi connectivity index (χ2n) is 9.42. The van der Waals surface area contributed by atoms with Crippen LogP contribution < -0.4 is 0 Å². The summed E-state index contributed by atoms with van der Waals surface area (Å²) in [6, 6.07) is 10.3. The molecule has 2 heteroatoms. The average molecular weight is 419 g/mol. The minimum Gasteiger partial charge on any atom is -0.355 e. The van der Waals surface area contributed by atoms with Gasteiger partial charge in [0, 0.05) is 6.61 Å². The maximum absolute atomic E-state index is 5.63. The van der Waals surface area contributed by atoms with Crippen molar-refractivity contribution in [2.45, 2.75) is 117 Å². The number of ether oxygens (including phenoxy) is 2. The van der Waals surface area contributed by atoms with E-state index in [0.29, 0.717) is 13.4 Å². The van der Waals surface area contributed by atoms with E-state index in [2.05, 4.69) is 32.9 Å². The molecule has 0 aliphatic carbocycles. The molecule has 0 fully saturated rings. The first-order chi connectivity index (χ1) is 14.7. The molecular formula is C28H50O2. The molecule has 0 saturated carbocycles. The summed E-state index contributed by atoms with van der Waals surface area (Å²) in [5.41, 5.74) is 1.20. The first kappa shape index (κ1) is 27.2. The second-order valence-corrected chi connectivity index (χ2v) is 9.42. The summed E-state index contributed by atoms with van der Waals surface area (Å²) in [5.74, 6) is 1.67. The molecule has 0 aliphatic heterocycles. The van der Waals surface area contributed by atoms with E-state index < -0.39 is 0 Å². The van der Waals surface area contributed by atoms with Crippen LogP contribution in [0.5, 0.6) is 0 Å². The number of hydrogen-bond acceptors (Lipinski definition) is 2. The van der Waals surface area contributed by atoms with Crippen LogP contribution in [0.3, 0.4) is 0 Å². The predicted octanol–water partition coefficient (Wildman–Crippen LogP) is 8.93. The fourth-order valence-corrected chi connectivity index (χ4v) is 4.29. The van der Waals surface area contributed by atoms with Crippen molar-refractivity contribution in [1.29, 1.82) is 0 Å². The molecule has 30 heavy (non-hydrogen) atoms. The van der Waals surface area contributed by atoms with Crippen LogP contribution in [0.1, 0.15) is 116 Å². The summed E-state index contributed by atoms with van der Waals surface area (Å²) in [6.45, 7) is 8.98. The van der Waals surface area contributed by atoms with E-state index in [-0.39, 0.29) is 0 Å². The van der Waals surface area contributed by atoms with Gasteiger partial charge in [0.15, 0.2) is 0 Å². The molecule has 0 aliphatic rings. The molecular weight excluding hydrogens is 368 g/mol. The summed E-state index contributed by atoms with van der Waals surface area (Å²) in [5, 5.41) is 0. The van der Waals surface area contributed by atoms with Gasteiger partial charge < -0.3 is 9.47 Å². The number of unbranched alkanes of at least 4 members (excludes halogenated alkanes) is 9. The lowest BCUT2D eigenvalue weighted by atomic mass is 9.90. The third kappa shape index (κ3) is 16.9. The standard InChI is InChI=1S/C28H50O2/c1-4-5-6-7-8-9-10-11-12-14-18-26(2)23-27(3)19-17-22-29-25-30-24-28-20-15-13-16-21-28/h13,15-16,20-21,26-27H,4-12,14,17-19,22-25H2,1-3H3. The highest BCUT2D eigenvalue weighted by molar-refractivity contribution is 5.13. The molecule has 2 atom stereocenters. The molecule has 0 heterocycles. The highest BCUT2D eigenvalue weighted by Crippen LogP contribution is 2.22. The monoisotopic (exact) mass is 418 g/mol. The van der Waals surface area contributed by atoms with E-state index in [1.165, 1.54) is 89.0 Å². The van der Waals surface area contributed by atoms with Crippen LogP contribution >= 0.6 is 0 Å². The van der Waals surface area contributed by atoms with Gasteiger partial charge in [0.1, 0.15) is 6.79 Å². The first-order valence-electron chi connectivity index (χ1n) is 12.9. The Kier molecular flexibility index (Phi) is 18.2. The van der Waals surface area contributed by atoms with Gasteiger partial charge in [-0.3, -0.25) is 0 Å². The largest absolute Gasteiger partial charge is 0.355 e. The van der Waals surface area contributed by atoms with Crippen molar-refractivity contribution in [3.8, 4) is 0 Å². The third-order valence-electron chi connectivity index (χ3n) is 6.12. The maximum Gasteiger partial charge on any atom is 0.147 e. The molecule has 0 aromatic heterocycles. The van der Waals surface area contributed by atoms with Gasteiger partial charge in [-0.25, -0.2) is 0 Å². The smallest absolute Gasteiger partial charge is 0.147 e. The van der Waals surface area contributed by atoms with Crippen LogP contribution in [0.15, 0.2) is 30.3 Å². The van der Waals surface area contributed by atoms with Crippen molar-refractivity contribution in [2.24, 2.45) is 11.8 Å². The maximum atomic E-state index is 5.63. The van der Waals surface area contributed by atoms with Gasteiger partial charge in [0.2, 0.25) is 0 Å². The van der Waals surface area contributed by atoms with Crippen LogP contribution in [0.25, 0.3) is 0 Å². The minimum atomic E-state index is 0.401. The highest BCUT2D eigenvalue weighted by atomic mass is 16.7. The Labute approximate surface area is 188 Å². The molecule has 1 rings (SSSR count). The number of benzene rings is 1. The molecule has 174 valence electrons. The molecule has 0 spiro atoms. The molecule has 0 bridgehead atoms. The lowest BCUT2D eigenvalue weighted by Gasteiger charge is -2.17. The van der Waals surface area contributed by atoms with Crippen LogP contribution in [0.4, 0.5) is 0 Å². The van der Waals surface area contributed by atoms with Crippen molar-refractivity contribution >= 4 is 0 Å². The van der Waals surface area contributed by atoms with E-state index in [9.17, 15) is 0 Å². The summed E-state index contributed by atoms with van der Waals surface area (Å²) < 4.78 is 11.2. The topological polar surface area (TPSA) is 18.5 Å². The molecule has 0 N–H and O–H groups in total. The average Bonchev–Trinajstić information content (AvgIpc) is 2.75. The van der Waals surface area contributed by atoms with Gasteiger partial charge in [0.25, 0.3) is 0 Å². The zero-order valence-electron chi connectivity index (χ0n) is 20.4. The summed E-state index contributed by atoms with van der Waals surface area (Å²) in [6.07, 6.45) is 19.5. The van der Waals surface area contributed by atoms with Crippen molar-refractivity contribution in [2.75, 3.05) is 13.4 Å². The Hall–Kier alpha value is -0.860. The molecule has 1 aromatic carbocycles.